The zero-order valence-corrected chi connectivity index (χ0v) is 14.4. The summed E-state index contributed by atoms with van der Waals surface area (Å²) in [6.07, 6.45) is 5.81. The van der Waals surface area contributed by atoms with Crippen molar-refractivity contribution in [2.75, 3.05) is 25.0 Å². The largest absolute Gasteiger partial charge is 0.354 e. The molecule has 2 heterocycles. The third kappa shape index (κ3) is 5.83. The SMILES string of the molecule is O=C(CCNc1ncccn1)NC1CCN(Cc2ccccc2)CC1. The highest BCUT2D eigenvalue weighted by atomic mass is 16.1. The van der Waals surface area contributed by atoms with Gasteiger partial charge in [-0.2, -0.15) is 0 Å². The fourth-order valence-corrected chi connectivity index (χ4v) is 3.06. The topological polar surface area (TPSA) is 70.1 Å². The number of rotatable bonds is 7. The molecule has 0 bridgehead atoms. The number of amides is 1. The molecule has 132 valence electrons. The number of hydrogen-bond donors (Lipinski definition) is 2. The first-order valence-electron chi connectivity index (χ1n) is 8.86. The number of benzene rings is 1. The standard InChI is InChI=1S/C19H25N5O/c25-18(7-12-22-19-20-10-4-11-21-19)23-17-8-13-24(14-9-17)15-16-5-2-1-3-6-16/h1-6,10-11,17H,7-9,12-15H2,(H,23,25)(H,20,21,22). The van der Waals surface area contributed by atoms with Gasteiger partial charge in [-0.3, -0.25) is 9.69 Å². The second-order valence-electron chi connectivity index (χ2n) is 6.35. The molecule has 0 radical (unpaired) electrons. The van der Waals surface area contributed by atoms with Gasteiger partial charge in [-0.05, 0) is 24.5 Å². The highest BCUT2D eigenvalue weighted by Gasteiger charge is 2.20. The van der Waals surface area contributed by atoms with Crippen LogP contribution >= 0.6 is 0 Å². The highest BCUT2D eigenvalue weighted by molar-refractivity contribution is 5.76. The zero-order valence-electron chi connectivity index (χ0n) is 14.4. The second kappa shape index (κ2) is 9.13. The van der Waals surface area contributed by atoms with E-state index in [1.165, 1.54) is 5.56 Å². The number of nitrogens with one attached hydrogen (secondary N) is 2. The molecule has 0 unspecified atom stereocenters. The van der Waals surface area contributed by atoms with Crippen LogP contribution in [0, 0.1) is 0 Å². The summed E-state index contributed by atoms with van der Waals surface area (Å²) in [5.41, 5.74) is 1.35. The lowest BCUT2D eigenvalue weighted by Crippen LogP contribution is -2.44. The van der Waals surface area contributed by atoms with E-state index in [0.29, 0.717) is 18.9 Å². The monoisotopic (exact) mass is 339 g/mol. The molecular weight excluding hydrogens is 314 g/mol. The van der Waals surface area contributed by atoms with Gasteiger partial charge in [-0.15, -0.1) is 0 Å². The van der Waals surface area contributed by atoms with Gasteiger partial charge in [0.05, 0.1) is 0 Å². The third-order valence-electron chi connectivity index (χ3n) is 4.40. The molecule has 0 atom stereocenters. The molecule has 1 aromatic heterocycles. The summed E-state index contributed by atoms with van der Waals surface area (Å²) < 4.78 is 0. The lowest BCUT2D eigenvalue weighted by molar-refractivity contribution is -0.121. The Morgan fingerprint density at radius 2 is 1.80 bits per heavy atom. The molecule has 1 aliphatic heterocycles. The van der Waals surface area contributed by atoms with E-state index in [0.717, 1.165) is 32.5 Å². The van der Waals surface area contributed by atoms with Crippen molar-refractivity contribution in [1.29, 1.82) is 0 Å². The fourth-order valence-electron chi connectivity index (χ4n) is 3.06. The maximum Gasteiger partial charge on any atom is 0.222 e. The molecule has 2 N–H and O–H groups in total. The first-order valence-corrected chi connectivity index (χ1v) is 8.86. The normalized spacial score (nSPS) is 15.7. The van der Waals surface area contributed by atoms with Crippen LogP contribution in [0.25, 0.3) is 0 Å². The number of nitrogens with zero attached hydrogens (tertiary/aromatic N) is 3. The summed E-state index contributed by atoms with van der Waals surface area (Å²) in [6, 6.07) is 12.6. The maximum absolute atomic E-state index is 12.1. The first kappa shape index (κ1) is 17.4. The number of carbonyl (C=O) groups excluding carboxylic acids is 1. The molecule has 3 rings (SSSR count). The number of piperidine rings is 1. The maximum atomic E-state index is 12.1. The molecule has 6 nitrogen and oxygen atoms in total. The Bertz CT molecular complexity index is 641. The molecule has 2 aromatic rings. The van der Waals surface area contributed by atoms with E-state index in [9.17, 15) is 4.79 Å². The van der Waals surface area contributed by atoms with Crippen LogP contribution in [0.2, 0.25) is 0 Å². The Labute approximate surface area is 148 Å². The molecule has 1 amide bonds. The number of anilines is 1. The third-order valence-corrected chi connectivity index (χ3v) is 4.40. The summed E-state index contributed by atoms with van der Waals surface area (Å²) >= 11 is 0. The average Bonchev–Trinajstić information content (AvgIpc) is 2.65. The van der Waals surface area contributed by atoms with Gasteiger partial charge in [0.2, 0.25) is 11.9 Å². The van der Waals surface area contributed by atoms with Crippen LogP contribution < -0.4 is 10.6 Å². The number of likely N-dealkylation sites (tertiary alicyclic amines) is 1. The van der Waals surface area contributed by atoms with Crippen molar-refractivity contribution in [3.63, 3.8) is 0 Å². The Hall–Kier alpha value is -2.47. The van der Waals surface area contributed by atoms with Crippen LogP contribution in [0.5, 0.6) is 0 Å². The summed E-state index contributed by atoms with van der Waals surface area (Å²) in [5, 5.41) is 6.20. The van der Waals surface area contributed by atoms with Gasteiger partial charge in [-0.25, -0.2) is 9.97 Å². The van der Waals surface area contributed by atoms with E-state index < -0.39 is 0 Å². The minimum Gasteiger partial charge on any atom is -0.354 e. The van der Waals surface area contributed by atoms with Gasteiger partial charge in [0.1, 0.15) is 0 Å². The van der Waals surface area contributed by atoms with E-state index in [-0.39, 0.29) is 11.9 Å². The molecule has 1 fully saturated rings. The molecule has 1 aliphatic rings. The smallest absolute Gasteiger partial charge is 0.222 e. The lowest BCUT2D eigenvalue weighted by atomic mass is 10.0. The summed E-state index contributed by atoms with van der Waals surface area (Å²) in [5.74, 6) is 0.648. The van der Waals surface area contributed by atoms with Crippen molar-refractivity contribution in [2.45, 2.75) is 31.8 Å². The number of hydrogen-bond acceptors (Lipinski definition) is 5. The molecule has 1 saturated heterocycles. The highest BCUT2D eigenvalue weighted by Crippen LogP contribution is 2.14. The zero-order chi connectivity index (χ0) is 17.3. The van der Waals surface area contributed by atoms with Crippen molar-refractivity contribution in [2.24, 2.45) is 0 Å². The fraction of sp³-hybridized carbons (Fsp3) is 0.421. The van der Waals surface area contributed by atoms with Crippen LogP contribution in [-0.4, -0.2) is 46.5 Å². The average molecular weight is 339 g/mol. The Balaban J connectivity index is 1.32. The van der Waals surface area contributed by atoms with Crippen molar-refractivity contribution in [3.8, 4) is 0 Å². The predicted molar refractivity (Wildman–Crippen MR) is 98.0 cm³/mol. The van der Waals surface area contributed by atoms with Gasteiger partial charge in [0.15, 0.2) is 0 Å². The van der Waals surface area contributed by atoms with Crippen molar-refractivity contribution in [3.05, 3.63) is 54.4 Å². The quantitative estimate of drug-likeness (QED) is 0.808. The van der Waals surface area contributed by atoms with Crippen LogP contribution in [0.4, 0.5) is 5.95 Å². The second-order valence-corrected chi connectivity index (χ2v) is 6.35. The van der Waals surface area contributed by atoms with E-state index in [1.54, 1.807) is 18.5 Å². The summed E-state index contributed by atoms with van der Waals surface area (Å²) in [6.45, 7) is 3.58. The predicted octanol–water partition coefficient (Wildman–Crippen LogP) is 2.06. The van der Waals surface area contributed by atoms with E-state index >= 15 is 0 Å². The number of carbonyl (C=O) groups is 1. The van der Waals surface area contributed by atoms with Crippen molar-refractivity contribution < 1.29 is 4.79 Å². The Morgan fingerprint density at radius 3 is 2.52 bits per heavy atom. The molecule has 1 aromatic carbocycles. The van der Waals surface area contributed by atoms with Gasteiger partial charge >= 0.3 is 0 Å². The van der Waals surface area contributed by atoms with Crippen molar-refractivity contribution >= 4 is 11.9 Å². The van der Waals surface area contributed by atoms with E-state index in [2.05, 4.69) is 49.8 Å². The van der Waals surface area contributed by atoms with Gasteiger partial charge in [0, 0.05) is 51.0 Å². The molecule has 0 saturated carbocycles. The molecule has 25 heavy (non-hydrogen) atoms. The summed E-state index contributed by atoms with van der Waals surface area (Å²) in [4.78, 5) is 22.7. The van der Waals surface area contributed by atoms with Crippen molar-refractivity contribution in [1.82, 2.24) is 20.2 Å². The lowest BCUT2D eigenvalue weighted by Gasteiger charge is -2.32. The number of aromatic nitrogens is 2. The Morgan fingerprint density at radius 1 is 1.08 bits per heavy atom. The molecule has 0 aliphatic carbocycles. The van der Waals surface area contributed by atoms with Gasteiger partial charge in [-0.1, -0.05) is 30.3 Å². The van der Waals surface area contributed by atoms with Crippen LogP contribution in [0.1, 0.15) is 24.8 Å². The molecule has 6 heteroatoms. The van der Waals surface area contributed by atoms with Crippen LogP contribution in [-0.2, 0) is 11.3 Å². The summed E-state index contributed by atoms with van der Waals surface area (Å²) in [7, 11) is 0. The minimum absolute atomic E-state index is 0.0879. The van der Waals surface area contributed by atoms with E-state index in [1.807, 2.05) is 6.07 Å². The van der Waals surface area contributed by atoms with Crippen LogP contribution in [0.15, 0.2) is 48.8 Å². The van der Waals surface area contributed by atoms with Crippen LogP contribution in [0.3, 0.4) is 0 Å². The Kier molecular flexibility index (Phi) is 6.34. The van der Waals surface area contributed by atoms with Gasteiger partial charge in [0.25, 0.3) is 0 Å². The van der Waals surface area contributed by atoms with E-state index in [4.69, 9.17) is 0 Å². The molecule has 0 spiro atoms. The van der Waals surface area contributed by atoms with Gasteiger partial charge < -0.3 is 10.6 Å². The first-order chi connectivity index (χ1) is 12.3. The minimum atomic E-state index is 0.0879. The molecular formula is C19H25N5O.